The molecule has 1 aliphatic rings. The molecule has 1 aromatic carbocycles. The molecule has 0 atom stereocenters. The van der Waals surface area contributed by atoms with Crippen molar-refractivity contribution in [2.24, 2.45) is 5.73 Å². The van der Waals surface area contributed by atoms with E-state index in [1.54, 1.807) is 12.1 Å². The summed E-state index contributed by atoms with van der Waals surface area (Å²) in [6.45, 7) is 2.40. The molecule has 2 N–H and O–H groups in total. The van der Waals surface area contributed by atoms with E-state index in [4.69, 9.17) is 19.9 Å². The van der Waals surface area contributed by atoms with E-state index in [0.29, 0.717) is 23.7 Å². The zero-order valence-corrected chi connectivity index (χ0v) is 12.2. The van der Waals surface area contributed by atoms with E-state index in [-0.39, 0.29) is 31.5 Å². The summed E-state index contributed by atoms with van der Waals surface area (Å²) in [5.74, 6) is 1.95. The van der Waals surface area contributed by atoms with E-state index in [9.17, 15) is 8.42 Å². The Bertz CT molecular complexity index is 570. The molecule has 20 heavy (non-hydrogen) atoms. The fourth-order valence-electron chi connectivity index (χ4n) is 1.95. The quantitative estimate of drug-likeness (QED) is 0.810. The van der Waals surface area contributed by atoms with Crippen LogP contribution in [0.25, 0.3) is 0 Å². The highest BCUT2D eigenvalue weighted by Crippen LogP contribution is 2.37. The van der Waals surface area contributed by atoms with Crippen molar-refractivity contribution in [3.05, 3.63) is 17.7 Å². The van der Waals surface area contributed by atoms with Gasteiger partial charge in [-0.2, -0.15) is 0 Å². The number of nitrogens with two attached hydrogens (primary N) is 1. The monoisotopic (exact) mass is 301 g/mol. The molecule has 7 heteroatoms. The number of sulfone groups is 1. The van der Waals surface area contributed by atoms with Crippen molar-refractivity contribution < 1.29 is 22.6 Å². The van der Waals surface area contributed by atoms with Crippen molar-refractivity contribution in [1.29, 1.82) is 0 Å². The fourth-order valence-corrected chi connectivity index (χ4v) is 3.11. The lowest BCUT2D eigenvalue weighted by Gasteiger charge is -2.11. The Morgan fingerprint density at radius 3 is 2.60 bits per heavy atom. The van der Waals surface area contributed by atoms with E-state index >= 15 is 0 Å². The van der Waals surface area contributed by atoms with Crippen LogP contribution in [0.3, 0.4) is 0 Å². The van der Waals surface area contributed by atoms with Gasteiger partial charge in [0.25, 0.3) is 0 Å². The second-order valence-corrected chi connectivity index (χ2v) is 6.82. The first-order valence-corrected chi connectivity index (χ1v) is 8.33. The van der Waals surface area contributed by atoms with Crippen molar-refractivity contribution >= 4 is 9.84 Å². The number of fused-ring (bicyclic) bond motifs is 1. The minimum Gasteiger partial charge on any atom is -0.492 e. The molecule has 0 bridgehead atoms. The lowest BCUT2D eigenvalue weighted by atomic mass is 10.2. The Hall–Kier alpha value is -1.47. The SMILES string of the molecule is CCCS(=O)(=O)CCOc1cc2c(cc1CN)OCO2. The molecule has 0 fully saturated rings. The van der Waals surface area contributed by atoms with E-state index in [0.717, 1.165) is 5.56 Å². The zero-order chi connectivity index (χ0) is 14.6. The number of hydrogen-bond acceptors (Lipinski definition) is 6. The van der Waals surface area contributed by atoms with E-state index in [2.05, 4.69) is 0 Å². The minimum absolute atomic E-state index is 0.000701. The van der Waals surface area contributed by atoms with E-state index in [1.165, 1.54) is 0 Å². The van der Waals surface area contributed by atoms with Crippen molar-refractivity contribution in [2.45, 2.75) is 19.9 Å². The van der Waals surface area contributed by atoms with Crippen LogP contribution in [0.15, 0.2) is 12.1 Å². The van der Waals surface area contributed by atoms with Crippen LogP contribution in [0.2, 0.25) is 0 Å². The lowest BCUT2D eigenvalue weighted by Crippen LogP contribution is -2.17. The molecule has 0 aliphatic carbocycles. The van der Waals surface area contributed by atoms with Gasteiger partial charge in [-0.1, -0.05) is 6.92 Å². The van der Waals surface area contributed by atoms with Crippen LogP contribution >= 0.6 is 0 Å². The maximum atomic E-state index is 11.6. The molecule has 1 aromatic rings. The summed E-state index contributed by atoms with van der Waals surface area (Å²) in [6, 6.07) is 3.45. The molecule has 2 rings (SSSR count). The molecule has 1 aliphatic heterocycles. The molecule has 0 radical (unpaired) electrons. The molecule has 0 aromatic heterocycles. The summed E-state index contributed by atoms with van der Waals surface area (Å²) < 4.78 is 39.3. The Morgan fingerprint density at radius 1 is 1.25 bits per heavy atom. The molecular formula is C13H19NO5S. The van der Waals surface area contributed by atoms with Crippen LogP contribution in [0, 0.1) is 0 Å². The number of hydrogen-bond donors (Lipinski definition) is 1. The molecule has 0 unspecified atom stereocenters. The molecular weight excluding hydrogens is 282 g/mol. The van der Waals surface area contributed by atoms with Crippen LogP contribution in [0.1, 0.15) is 18.9 Å². The molecule has 1 heterocycles. The second-order valence-electron chi connectivity index (χ2n) is 4.52. The number of benzene rings is 1. The first-order valence-electron chi connectivity index (χ1n) is 6.51. The molecule has 112 valence electrons. The van der Waals surface area contributed by atoms with Crippen molar-refractivity contribution in [3.63, 3.8) is 0 Å². The van der Waals surface area contributed by atoms with Crippen molar-refractivity contribution in [1.82, 2.24) is 0 Å². The van der Waals surface area contributed by atoms with Crippen LogP contribution in [0.4, 0.5) is 0 Å². The van der Waals surface area contributed by atoms with E-state index in [1.807, 2.05) is 6.92 Å². The minimum atomic E-state index is -3.05. The highest BCUT2D eigenvalue weighted by Gasteiger charge is 2.18. The second kappa shape index (κ2) is 6.32. The highest BCUT2D eigenvalue weighted by molar-refractivity contribution is 7.91. The first-order chi connectivity index (χ1) is 9.55. The van der Waals surface area contributed by atoms with Crippen molar-refractivity contribution in [2.75, 3.05) is 24.9 Å². The lowest BCUT2D eigenvalue weighted by molar-refractivity contribution is 0.173. The molecule has 0 saturated carbocycles. The van der Waals surface area contributed by atoms with Gasteiger partial charge in [-0.05, 0) is 12.5 Å². The van der Waals surface area contributed by atoms with Crippen LogP contribution in [-0.2, 0) is 16.4 Å². The summed E-state index contributed by atoms with van der Waals surface area (Å²) in [4.78, 5) is 0. The van der Waals surface area contributed by atoms with Gasteiger partial charge in [0.2, 0.25) is 6.79 Å². The summed E-state index contributed by atoms with van der Waals surface area (Å²) in [6.07, 6.45) is 0.612. The fraction of sp³-hybridized carbons (Fsp3) is 0.538. The van der Waals surface area contributed by atoms with E-state index < -0.39 is 9.84 Å². The van der Waals surface area contributed by atoms with Crippen LogP contribution in [0.5, 0.6) is 17.2 Å². The zero-order valence-electron chi connectivity index (χ0n) is 11.4. The maximum Gasteiger partial charge on any atom is 0.231 e. The average molecular weight is 301 g/mol. The summed E-state index contributed by atoms with van der Waals surface area (Å²) >= 11 is 0. The number of rotatable bonds is 7. The van der Waals surface area contributed by atoms with Gasteiger partial charge in [0, 0.05) is 18.2 Å². The Morgan fingerprint density at radius 2 is 1.95 bits per heavy atom. The molecule has 0 spiro atoms. The molecule has 0 saturated heterocycles. The smallest absolute Gasteiger partial charge is 0.231 e. The Balaban J connectivity index is 2.02. The van der Waals surface area contributed by atoms with Gasteiger partial charge in [-0.25, -0.2) is 8.42 Å². The van der Waals surface area contributed by atoms with Gasteiger partial charge in [0.1, 0.15) is 12.4 Å². The normalized spacial score (nSPS) is 13.5. The predicted molar refractivity (Wildman–Crippen MR) is 74.9 cm³/mol. The van der Waals surface area contributed by atoms with Gasteiger partial charge in [-0.3, -0.25) is 0 Å². The maximum absolute atomic E-state index is 11.6. The third-order valence-electron chi connectivity index (χ3n) is 2.94. The van der Waals surface area contributed by atoms with Crippen LogP contribution < -0.4 is 19.9 Å². The molecule has 0 amide bonds. The van der Waals surface area contributed by atoms with Gasteiger partial charge in [0.05, 0.1) is 11.5 Å². The first kappa shape index (κ1) is 14.9. The summed E-state index contributed by atoms with van der Waals surface area (Å²) in [5.41, 5.74) is 6.42. The van der Waals surface area contributed by atoms with Crippen LogP contribution in [-0.4, -0.2) is 33.3 Å². The third kappa shape index (κ3) is 3.55. The van der Waals surface area contributed by atoms with Crippen molar-refractivity contribution in [3.8, 4) is 17.2 Å². The topological polar surface area (TPSA) is 87.9 Å². The summed E-state index contributed by atoms with van der Waals surface area (Å²) in [7, 11) is -3.05. The number of ether oxygens (including phenoxy) is 3. The Kier molecular flexibility index (Phi) is 4.72. The predicted octanol–water partition coefficient (Wildman–Crippen LogP) is 1.08. The van der Waals surface area contributed by atoms with Gasteiger partial charge in [0.15, 0.2) is 21.3 Å². The summed E-state index contributed by atoms with van der Waals surface area (Å²) in [5, 5.41) is 0. The highest BCUT2D eigenvalue weighted by atomic mass is 32.2. The van der Waals surface area contributed by atoms with Gasteiger partial charge < -0.3 is 19.9 Å². The Labute approximate surface area is 118 Å². The molecule has 6 nitrogen and oxygen atoms in total. The largest absolute Gasteiger partial charge is 0.492 e. The van der Waals surface area contributed by atoms with Gasteiger partial charge >= 0.3 is 0 Å². The average Bonchev–Trinajstić information content (AvgIpc) is 2.84. The standard InChI is InChI=1S/C13H19NO5S/c1-2-4-20(15,16)5-3-17-11-7-13-12(18-9-19-13)6-10(11)8-14/h6-7H,2-5,8-9,14H2,1H3. The third-order valence-corrected chi connectivity index (χ3v) is 4.76. The van der Waals surface area contributed by atoms with Gasteiger partial charge in [-0.15, -0.1) is 0 Å².